The Bertz CT molecular complexity index is 871. The minimum atomic E-state index is -0.588. The number of hydrogen-bond donors (Lipinski definition) is 0. The minimum absolute atomic E-state index is 0. The van der Waals surface area contributed by atoms with Gasteiger partial charge in [-0.15, -0.1) is 5.52 Å². The van der Waals surface area contributed by atoms with E-state index in [0.717, 1.165) is 5.56 Å². The van der Waals surface area contributed by atoms with Crippen molar-refractivity contribution < 1.29 is 34.4 Å². The number of carbonyl (C=O) groups excluding carboxylic acids is 1. The number of benzene rings is 2. The molecule has 0 radical (unpaired) electrons. The summed E-state index contributed by atoms with van der Waals surface area (Å²) in [6.07, 6.45) is 0. The fraction of sp³-hybridized carbons (Fsp3) is 0.0625. The Hall–Kier alpha value is -1.75. The molecular formula is C16H11N2NaO2. The molecule has 5 heteroatoms. The van der Waals surface area contributed by atoms with Crippen molar-refractivity contribution >= 4 is 16.8 Å². The average molecular weight is 286 g/mol. The monoisotopic (exact) mass is 286 g/mol. The van der Waals surface area contributed by atoms with Crippen LogP contribution in [0, 0.1) is 6.92 Å². The van der Waals surface area contributed by atoms with Crippen LogP contribution in [0.3, 0.4) is 0 Å². The fourth-order valence-electron chi connectivity index (χ4n) is 2.05. The first-order valence-corrected chi connectivity index (χ1v) is 6.20. The Morgan fingerprint density at radius 2 is 1.86 bits per heavy atom. The molecule has 0 saturated carbocycles. The molecule has 1 heterocycles. The molecule has 0 fully saturated rings. The molecule has 0 aliphatic carbocycles. The van der Waals surface area contributed by atoms with Crippen molar-refractivity contribution in [2.75, 3.05) is 0 Å². The molecule has 0 aliphatic rings. The van der Waals surface area contributed by atoms with Crippen LogP contribution in [0.25, 0.3) is 11.0 Å². The Labute approximate surface area is 143 Å². The van der Waals surface area contributed by atoms with Crippen molar-refractivity contribution in [1.29, 1.82) is 0 Å². The van der Waals surface area contributed by atoms with E-state index < -0.39 is 11.3 Å². The first-order chi connectivity index (χ1) is 9.65. The van der Waals surface area contributed by atoms with E-state index in [1.54, 1.807) is 42.5 Å². The average Bonchev–Trinajstić information content (AvgIpc) is 2.46. The quantitative estimate of drug-likeness (QED) is 0.452. The van der Waals surface area contributed by atoms with Crippen LogP contribution >= 0.6 is 0 Å². The summed E-state index contributed by atoms with van der Waals surface area (Å²) in [6.45, 7) is 1.89. The van der Waals surface area contributed by atoms with Gasteiger partial charge in [0.2, 0.25) is 5.78 Å². The Balaban J connectivity index is 0.00000161. The van der Waals surface area contributed by atoms with Crippen LogP contribution in [0.2, 0.25) is 0 Å². The summed E-state index contributed by atoms with van der Waals surface area (Å²) >= 11 is 0. The number of rotatable bonds is 2. The number of para-hydroxylation sites is 2. The summed E-state index contributed by atoms with van der Waals surface area (Å²) < 4.78 is 0. The van der Waals surface area contributed by atoms with Gasteiger partial charge in [-0.3, -0.25) is 4.79 Å². The molecule has 3 rings (SSSR count). The summed E-state index contributed by atoms with van der Waals surface area (Å²) in [5.74, 6) is -0.392. The Kier molecular flexibility index (Phi) is 4.73. The number of nitrogens with zero attached hydrogens (tertiary/aromatic N) is 2. The van der Waals surface area contributed by atoms with Crippen molar-refractivity contribution in [3.8, 4) is 0 Å². The van der Waals surface area contributed by atoms with E-state index in [1.165, 1.54) is 0 Å². The number of fused-ring (bicyclic) bond motifs is 1. The van der Waals surface area contributed by atoms with Crippen LogP contribution < -0.4 is 40.1 Å². The van der Waals surface area contributed by atoms with Gasteiger partial charge in [0.25, 0.3) is 0 Å². The van der Waals surface area contributed by atoms with Crippen molar-refractivity contribution in [2.45, 2.75) is 6.92 Å². The maximum Gasteiger partial charge on any atom is 1.00 e. The molecule has 2 aromatic carbocycles. The van der Waals surface area contributed by atoms with E-state index in [4.69, 9.17) is 0 Å². The summed E-state index contributed by atoms with van der Waals surface area (Å²) in [6, 6.07) is 14.1. The second-order valence-electron chi connectivity index (χ2n) is 4.56. The Morgan fingerprint density at radius 3 is 2.62 bits per heavy atom. The smallest absolute Gasteiger partial charge is 0.619 e. The molecule has 98 valence electrons. The van der Waals surface area contributed by atoms with Crippen molar-refractivity contribution in [3.63, 3.8) is 0 Å². The van der Waals surface area contributed by atoms with Crippen LogP contribution in [0.15, 0.2) is 53.3 Å². The molecule has 1 aromatic heterocycles. The molecule has 0 amide bonds. The molecule has 0 aliphatic heterocycles. The van der Waals surface area contributed by atoms with E-state index in [9.17, 15) is 9.59 Å². The molecular weight excluding hydrogens is 275 g/mol. The van der Waals surface area contributed by atoms with Crippen molar-refractivity contribution in [3.05, 3.63) is 75.7 Å². The molecule has 4 nitrogen and oxygen atoms in total. The van der Waals surface area contributed by atoms with Gasteiger partial charge in [-0.25, -0.2) is 4.98 Å². The molecule has 3 aromatic rings. The van der Waals surface area contributed by atoms with Gasteiger partial charge in [0.05, 0.1) is 0 Å². The van der Waals surface area contributed by atoms with Gasteiger partial charge in [-0.1, -0.05) is 42.0 Å². The summed E-state index contributed by atoms with van der Waals surface area (Å²) in [5.41, 5.74) is 1.73. The predicted octanol–water partition coefficient (Wildman–Crippen LogP) is -0.904. The Morgan fingerprint density at radius 1 is 1.10 bits per heavy atom. The predicted molar refractivity (Wildman–Crippen MR) is 75.9 cm³/mol. The SMILES string of the molecule is Cc1cccc(C(=O)c2nc3ccccc3[n-]c2=O)c1.[Na+]. The van der Waals surface area contributed by atoms with Gasteiger partial charge >= 0.3 is 29.6 Å². The molecule has 0 unspecified atom stereocenters. The number of hydrogen-bond acceptors (Lipinski definition) is 3. The van der Waals surface area contributed by atoms with E-state index in [2.05, 4.69) is 9.97 Å². The largest absolute Gasteiger partial charge is 1.00 e. The standard InChI is InChI=1S/C16H12N2O2.Na/c1-10-5-4-6-11(9-10)15(19)14-16(20)18-13-8-3-2-7-12(13)17-14;/h2-9H,1H3,(H,18,19,20);/q;+1/p-1. The maximum absolute atomic E-state index is 12.4. The topological polar surface area (TPSA) is 61.1 Å². The number of aryl methyl sites for hydroxylation is 1. The zero-order chi connectivity index (χ0) is 14.1. The molecule has 0 spiro atoms. The molecule has 0 atom stereocenters. The fourth-order valence-corrected chi connectivity index (χ4v) is 2.05. The third-order valence-corrected chi connectivity index (χ3v) is 3.03. The van der Waals surface area contributed by atoms with Crippen LogP contribution in [-0.4, -0.2) is 10.8 Å². The zero-order valence-corrected chi connectivity index (χ0v) is 13.8. The minimum Gasteiger partial charge on any atom is -0.619 e. The molecule has 0 bridgehead atoms. The first kappa shape index (κ1) is 15.6. The van der Waals surface area contributed by atoms with Gasteiger partial charge < -0.3 is 9.78 Å². The van der Waals surface area contributed by atoms with Gasteiger partial charge in [-0.05, 0) is 19.1 Å². The third kappa shape index (κ3) is 3.13. The maximum atomic E-state index is 12.4. The van der Waals surface area contributed by atoms with Gasteiger partial charge in [-0.2, -0.15) is 0 Å². The van der Waals surface area contributed by atoms with Crippen molar-refractivity contribution in [2.24, 2.45) is 0 Å². The molecule has 0 saturated heterocycles. The van der Waals surface area contributed by atoms with Gasteiger partial charge in [0.1, 0.15) is 11.3 Å². The third-order valence-electron chi connectivity index (χ3n) is 3.03. The summed E-state index contributed by atoms with van der Waals surface area (Å²) in [4.78, 5) is 32.4. The van der Waals surface area contributed by atoms with E-state index in [0.29, 0.717) is 16.6 Å². The van der Waals surface area contributed by atoms with E-state index in [1.807, 2.05) is 13.0 Å². The first-order valence-electron chi connectivity index (χ1n) is 6.20. The van der Waals surface area contributed by atoms with E-state index >= 15 is 0 Å². The van der Waals surface area contributed by atoms with Crippen LogP contribution in [0.1, 0.15) is 21.6 Å². The molecule has 0 N–H and O–H groups in total. The second kappa shape index (κ2) is 6.35. The normalized spacial score (nSPS) is 10.1. The number of ketones is 1. The van der Waals surface area contributed by atoms with Gasteiger partial charge in [0, 0.05) is 11.1 Å². The summed E-state index contributed by atoms with van der Waals surface area (Å²) in [5, 5.41) is 0. The van der Waals surface area contributed by atoms with Crippen LogP contribution in [0.4, 0.5) is 0 Å². The zero-order valence-electron chi connectivity index (χ0n) is 11.8. The summed E-state index contributed by atoms with van der Waals surface area (Å²) in [7, 11) is 0. The molecule has 21 heavy (non-hydrogen) atoms. The number of carbonyl (C=O) groups is 1. The van der Waals surface area contributed by atoms with Crippen LogP contribution in [-0.2, 0) is 0 Å². The van der Waals surface area contributed by atoms with Gasteiger partial charge in [0.15, 0.2) is 0 Å². The number of aromatic nitrogens is 2. The van der Waals surface area contributed by atoms with Crippen molar-refractivity contribution in [1.82, 2.24) is 9.97 Å². The van der Waals surface area contributed by atoms with Crippen LogP contribution in [0.5, 0.6) is 0 Å². The van der Waals surface area contributed by atoms with E-state index in [-0.39, 0.29) is 35.3 Å². The second-order valence-corrected chi connectivity index (χ2v) is 4.56.